The number of carbonyl (C=O) groups is 1. The molecular weight excluding hydrogens is 192 g/mol. The van der Waals surface area contributed by atoms with Crippen LogP contribution in [0.2, 0.25) is 0 Å². The van der Waals surface area contributed by atoms with Crippen molar-refractivity contribution in [3.05, 3.63) is 0 Å². The highest BCUT2D eigenvalue weighted by Crippen LogP contribution is 2.28. The van der Waals surface area contributed by atoms with Crippen LogP contribution in [0.5, 0.6) is 0 Å². The van der Waals surface area contributed by atoms with Crippen molar-refractivity contribution in [2.24, 2.45) is 17.6 Å². The SMILES string of the molecule is CC1CCC(N)C(C(=O)N(C)CCO)C1. The molecule has 0 aromatic rings. The third-order valence-electron chi connectivity index (χ3n) is 3.29. The molecule has 3 unspecified atom stereocenters. The van der Waals surface area contributed by atoms with E-state index in [2.05, 4.69) is 6.92 Å². The molecule has 0 spiro atoms. The third-order valence-corrected chi connectivity index (χ3v) is 3.29. The Kier molecular flexibility index (Phi) is 4.54. The van der Waals surface area contributed by atoms with Crippen molar-refractivity contribution in [2.45, 2.75) is 32.2 Å². The lowest BCUT2D eigenvalue weighted by Crippen LogP contribution is -2.46. The van der Waals surface area contributed by atoms with Gasteiger partial charge in [0, 0.05) is 19.6 Å². The van der Waals surface area contributed by atoms with Crippen LogP contribution >= 0.6 is 0 Å². The summed E-state index contributed by atoms with van der Waals surface area (Å²) in [6, 6.07) is -0.00478. The highest BCUT2D eigenvalue weighted by Gasteiger charge is 2.32. The monoisotopic (exact) mass is 214 g/mol. The zero-order chi connectivity index (χ0) is 11.4. The first-order valence-corrected chi connectivity index (χ1v) is 5.67. The molecule has 0 aromatic heterocycles. The van der Waals surface area contributed by atoms with Gasteiger partial charge in [-0.1, -0.05) is 6.92 Å². The normalized spacial score (nSPS) is 31.3. The van der Waals surface area contributed by atoms with E-state index in [-0.39, 0.29) is 24.5 Å². The van der Waals surface area contributed by atoms with Crippen LogP contribution in [-0.2, 0) is 4.79 Å². The minimum atomic E-state index is -0.0506. The van der Waals surface area contributed by atoms with Gasteiger partial charge in [-0.3, -0.25) is 4.79 Å². The van der Waals surface area contributed by atoms with E-state index in [4.69, 9.17) is 10.8 Å². The molecule has 1 saturated carbocycles. The summed E-state index contributed by atoms with van der Waals surface area (Å²) in [6.07, 6.45) is 2.94. The van der Waals surface area contributed by atoms with Crippen molar-refractivity contribution >= 4 is 5.91 Å². The Balaban J connectivity index is 2.56. The Hall–Kier alpha value is -0.610. The number of likely N-dealkylation sites (N-methyl/N-ethyl adjacent to an activating group) is 1. The van der Waals surface area contributed by atoms with Crippen LogP contribution < -0.4 is 5.73 Å². The summed E-state index contributed by atoms with van der Waals surface area (Å²) in [7, 11) is 1.73. The van der Waals surface area contributed by atoms with Crippen molar-refractivity contribution in [3.8, 4) is 0 Å². The lowest BCUT2D eigenvalue weighted by atomic mass is 9.78. The van der Waals surface area contributed by atoms with Gasteiger partial charge in [0.1, 0.15) is 0 Å². The summed E-state index contributed by atoms with van der Waals surface area (Å²) in [5.41, 5.74) is 5.97. The standard InChI is InChI=1S/C11H22N2O2/c1-8-3-4-10(12)9(7-8)11(15)13(2)5-6-14/h8-10,14H,3-7,12H2,1-2H3. The van der Waals surface area contributed by atoms with Crippen molar-refractivity contribution in [1.82, 2.24) is 4.90 Å². The Morgan fingerprint density at radius 3 is 2.80 bits per heavy atom. The van der Waals surface area contributed by atoms with Crippen molar-refractivity contribution in [2.75, 3.05) is 20.2 Å². The molecule has 1 amide bonds. The highest BCUT2D eigenvalue weighted by atomic mass is 16.3. The second kappa shape index (κ2) is 5.47. The lowest BCUT2D eigenvalue weighted by Gasteiger charge is -2.33. The van der Waals surface area contributed by atoms with E-state index in [9.17, 15) is 4.79 Å². The molecule has 4 nitrogen and oxygen atoms in total. The number of hydrogen-bond acceptors (Lipinski definition) is 3. The average molecular weight is 214 g/mol. The number of nitrogens with zero attached hydrogens (tertiary/aromatic N) is 1. The summed E-state index contributed by atoms with van der Waals surface area (Å²) < 4.78 is 0. The smallest absolute Gasteiger partial charge is 0.227 e. The summed E-state index contributed by atoms with van der Waals surface area (Å²) >= 11 is 0. The Morgan fingerprint density at radius 2 is 2.20 bits per heavy atom. The molecule has 0 aliphatic heterocycles. The van der Waals surface area contributed by atoms with E-state index in [1.807, 2.05) is 0 Å². The van der Waals surface area contributed by atoms with Crippen LogP contribution in [0.3, 0.4) is 0 Å². The maximum absolute atomic E-state index is 12.0. The number of aliphatic hydroxyl groups is 1. The predicted octanol–water partition coefficient (Wildman–Crippen LogP) is 0.201. The molecule has 88 valence electrons. The number of rotatable bonds is 3. The maximum Gasteiger partial charge on any atom is 0.227 e. The fourth-order valence-corrected chi connectivity index (χ4v) is 2.23. The molecule has 1 aliphatic rings. The van der Waals surface area contributed by atoms with Crippen LogP contribution in [-0.4, -0.2) is 42.2 Å². The van der Waals surface area contributed by atoms with Crippen LogP contribution in [0.4, 0.5) is 0 Å². The summed E-state index contributed by atoms with van der Waals surface area (Å²) in [5.74, 6) is 0.620. The van der Waals surface area contributed by atoms with Crippen molar-refractivity contribution in [3.63, 3.8) is 0 Å². The highest BCUT2D eigenvalue weighted by molar-refractivity contribution is 5.79. The number of amides is 1. The van der Waals surface area contributed by atoms with E-state index in [0.29, 0.717) is 12.5 Å². The molecule has 4 heteroatoms. The summed E-state index contributed by atoms with van der Waals surface area (Å²) in [4.78, 5) is 13.6. The van der Waals surface area contributed by atoms with E-state index in [1.54, 1.807) is 11.9 Å². The second-order valence-electron chi connectivity index (χ2n) is 4.67. The number of hydrogen-bond donors (Lipinski definition) is 2. The fourth-order valence-electron chi connectivity index (χ4n) is 2.23. The van der Waals surface area contributed by atoms with Crippen molar-refractivity contribution in [1.29, 1.82) is 0 Å². The van der Waals surface area contributed by atoms with Gasteiger partial charge in [-0.05, 0) is 25.2 Å². The summed E-state index contributed by atoms with van der Waals surface area (Å²) in [5, 5.41) is 8.78. The van der Waals surface area contributed by atoms with Gasteiger partial charge in [0.2, 0.25) is 5.91 Å². The quantitative estimate of drug-likeness (QED) is 0.705. The second-order valence-corrected chi connectivity index (χ2v) is 4.67. The molecule has 3 atom stereocenters. The molecule has 0 heterocycles. The van der Waals surface area contributed by atoms with E-state index in [0.717, 1.165) is 19.3 Å². The van der Waals surface area contributed by atoms with Crippen molar-refractivity contribution < 1.29 is 9.90 Å². The van der Waals surface area contributed by atoms with Crippen LogP contribution in [0.15, 0.2) is 0 Å². The molecule has 1 aliphatic carbocycles. The summed E-state index contributed by atoms with van der Waals surface area (Å²) in [6.45, 7) is 2.58. The minimum Gasteiger partial charge on any atom is -0.395 e. The molecule has 1 fully saturated rings. The molecule has 3 N–H and O–H groups in total. The molecule has 15 heavy (non-hydrogen) atoms. The minimum absolute atomic E-state index is 0.00478. The van der Waals surface area contributed by atoms with Gasteiger partial charge in [0.15, 0.2) is 0 Å². The number of nitrogens with two attached hydrogens (primary N) is 1. The van der Waals surface area contributed by atoms with Crippen LogP contribution in [0, 0.1) is 11.8 Å². The molecular formula is C11H22N2O2. The Bertz CT molecular complexity index is 221. The van der Waals surface area contributed by atoms with Gasteiger partial charge in [-0.25, -0.2) is 0 Å². The number of aliphatic hydroxyl groups excluding tert-OH is 1. The van der Waals surface area contributed by atoms with Gasteiger partial charge in [-0.15, -0.1) is 0 Å². The lowest BCUT2D eigenvalue weighted by molar-refractivity contribution is -0.136. The zero-order valence-corrected chi connectivity index (χ0v) is 9.65. The van der Waals surface area contributed by atoms with Gasteiger partial charge in [0.25, 0.3) is 0 Å². The largest absolute Gasteiger partial charge is 0.395 e. The Morgan fingerprint density at radius 1 is 1.53 bits per heavy atom. The molecule has 0 aromatic carbocycles. The van der Waals surface area contributed by atoms with Gasteiger partial charge < -0.3 is 15.7 Å². The maximum atomic E-state index is 12.0. The first kappa shape index (κ1) is 12.5. The molecule has 0 saturated heterocycles. The molecule has 1 rings (SSSR count). The Labute approximate surface area is 91.4 Å². The van der Waals surface area contributed by atoms with Gasteiger partial charge in [0.05, 0.1) is 12.5 Å². The molecule has 0 bridgehead atoms. The van der Waals surface area contributed by atoms with Crippen LogP contribution in [0.1, 0.15) is 26.2 Å². The topological polar surface area (TPSA) is 66.6 Å². The number of carbonyl (C=O) groups excluding carboxylic acids is 1. The van der Waals surface area contributed by atoms with Gasteiger partial charge >= 0.3 is 0 Å². The van der Waals surface area contributed by atoms with Gasteiger partial charge in [-0.2, -0.15) is 0 Å². The van der Waals surface area contributed by atoms with E-state index < -0.39 is 0 Å². The zero-order valence-electron chi connectivity index (χ0n) is 9.65. The van der Waals surface area contributed by atoms with E-state index in [1.165, 1.54) is 0 Å². The third kappa shape index (κ3) is 3.18. The van der Waals surface area contributed by atoms with E-state index >= 15 is 0 Å². The predicted molar refractivity (Wildman–Crippen MR) is 59.2 cm³/mol. The fraction of sp³-hybridized carbons (Fsp3) is 0.909. The first-order valence-electron chi connectivity index (χ1n) is 5.67. The first-order chi connectivity index (χ1) is 7.06. The van der Waals surface area contributed by atoms with Crippen LogP contribution in [0.25, 0.3) is 0 Å². The average Bonchev–Trinajstić information content (AvgIpc) is 2.21. The molecule has 0 radical (unpaired) electrons.